The van der Waals surface area contributed by atoms with E-state index < -0.39 is 11.4 Å². The summed E-state index contributed by atoms with van der Waals surface area (Å²) < 4.78 is 0. The highest BCUT2D eigenvalue weighted by Crippen LogP contribution is 2.30. The maximum absolute atomic E-state index is 11.9. The van der Waals surface area contributed by atoms with Gasteiger partial charge in [-0.15, -0.1) is 0 Å². The van der Waals surface area contributed by atoms with Crippen molar-refractivity contribution in [2.45, 2.75) is 39.5 Å². The van der Waals surface area contributed by atoms with Crippen LogP contribution >= 0.6 is 0 Å². The molecule has 0 unspecified atom stereocenters. The van der Waals surface area contributed by atoms with Crippen molar-refractivity contribution < 1.29 is 14.7 Å². The van der Waals surface area contributed by atoms with Crippen molar-refractivity contribution in [2.75, 3.05) is 6.54 Å². The first kappa shape index (κ1) is 16.1. The Morgan fingerprint density at radius 1 is 1.25 bits per heavy atom. The molecule has 1 rings (SSSR count). The number of rotatable bonds is 8. The monoisotopic (exact) mass is 278 g/mol. The van der Waals surface area contributed by atoms with E-state index in [4.69, 9.17) is 0 Å². The van der Waals surface area contributed by atoms with E-state index in [1.807, 2.05) is 26.0 Å². The van der Waals surface area contributed by atoms with E-state index in [-0.39, 0.29) is 12.3 Å². The van der Waals surface area contributed by atoms with Crippen molar-refractivity contribution in [3.8, 4) is 0 Å². The van der Waals surface area contributed by atoms with Crippen LogP contribution in [-0.4, -0.2) is 28.5 Å². The molecule has 1 amide bonds. The van der Waals surface area contributed by atoms with Crippen molar-refractivity contribution in [3.05, 3.63) is 30.1 Å². The van der Waals surface area contributed by atoms with Gasteiger partial charge in [0.05, 0.1) is 5.41 Å². The number of carbonyl (C=O) groups excluding carboxylic acids is 1. The molecule has 0 aliphatic heterocycles. The smallest absolute Gasteiger partial charge is 0.310 e. The lowest BCUT2D eigenvalue weighted by Gasteiger charge is -2.25. The summed E-state index contributed by atoms with van der Waals surface area (Å²) in [5.41, 5.74) is 0.150. The van der Waals surface area contributed by atoms with Crippen LogP contribution in [0.3, 0.4) is 0 Å². The summed E-state index contributed by atoms with van der Waals surface area (Å²) in [6.45, 7) is 4.12. The van der Waals surface area contributed by atoms with Gasteiger partial charge in [0, 0.05) is 25.4 Å². The topological polar surface area (TPSA) is 79.3 Å². The fraction of sp³-hybridized carbons (Fsp3) is 0.533. The molecule has 0 aliphatic carbocycles. The predicted molar refractivity (Wildman–Crippen MR) is 76.2 cm³/mol. The third kappa shape index (κ3) is 4.33. The molecule has 0 aliphatic rings. The molecule has 20 heavy (non-hydrogen) atoms. The van der Waals surface area contributed by atoms with Crippen LogP contribution in [0.1, 0.15) is 38.7 Å². The van der Waals surface area contributed by atoms with Gasteiger partial charge in [-0.1, -0.05) is 13.8 Å². The lowest BCUT2D eigenvalue weighted by molar-refractivity contribution is -0.152. The van der Waals surface area contributed by atoms with E-state index in [1.54, 1.807) is 12.4 Å². The van der Waals surface area contributed by atoms with Gasteiger partial charge in [-0.2, -0.15) is 0 Å². The second-order valence-corrected chi connectivity index (χ2v) is 4.92. The molecule has 2 N–H and O–H groups in total. The molecule has 0 spiro atoms. The van der Waals surface area contributed by atoms with Gasteiger partial charge in [0.15, 0.2) is 0 Å². The number of pyridine rings is 1. The van der Waals surface area contributed by atoms with Crippen molar-refractivity contribution in [3.63, 3.8) is 0 Å². The predicted octanol–water partition coefficient (Wildman–Crippen LogP) is 2.02. The molecule has 110 valence electrons. The van der Waals surface area contributed by atoms with Gasteiger partial charge in [-0.05, 0) is 37.0 Å². The first-order valence-corrected chi connectivity index (χ1v) is 6.93. The lowest BCUT2D eigenvalue weighted by atomic mass is 9.79. The van der Waals surface area contributed by atoms with E-state index in [9.17, 15) is 14.7 Å². The molecule has 1 aromatic heterocycles. The summed E-state index contributed by atoms with van der Waals surface area (Å²) >= 11 is 0. The maximum Gasteiger partial charge on any atom is 0.310 e. The molecule has 0 saturated carbocycles. The van der Waals surface area contributed by atoms with Gasteiger partial charge in [0.2, 0.25) is 5.91 Å². The Bertz CT molecular complexity index is 442. The molecule has 0 saturated heterocycles. The average Bonchev–Trinajstić information content (AvgIpc) is 2.45. The minimum absolute atomic E-state index is 0.0334. The van der Waals surface area contributed by atoms with Crippen molar-refractivity contribution >= 4 is 11.9 Å². The summed E-state index contributed by atoms with van der Waals surface area (Å²) in [6, 6.07) is 3.79. The molecule has 0 radical (unpaired) electrons. The van der Waals surface area contributed by atoms with Crippen molar-refractivity contribution in [1.82, 2.24) is 10.3 Å². The zero-order valence-electron chi connectivity index (χ0n) is 12.1. The van der Waals surface area contributed by atoms with Gasteiger partial charge in [-0.25, -0.2) is 0 Å². The molecular weight excluding hydrogens is 256 g/mol. The number of aliphatic carboxylic acids is 1. The van der Waals surface area contributed by atoms with Gasteiger partial charge in [0.25, 0.3) is 0 Å². The highest BCUT2D eigenvalue weighted by Gasteiger charge is 2.36. The van der Waals surface area contributed by atoms with Crippen LogP contribution in [0.15, 0.2) is 24.5 Å². The van der Waals surface area contributed by atoms with Crippen LogP contribution in [0.25, 0.3) is 0 Å². The third-order valence-electron chi connectivity index (χ3n) is 3.79. The number of hydrogen-bond acceptors (Lipinski definition) is 3. The Labute approximate surface area is 119 Å². The maximum atomic E-state index is 11.9. The summed E-state index contributed by atoms with van der Waals surface area (Å²) in [7, 11) is 0. The fourth-order valence-corrected chi connectivity index (χ4v) is 2.14. The van der Waals surface area contributed by atoms with E-state index in [1.165, 1.54) is 0 Å². The normalized spacial score (nSPS) is 11.1. The number of amides is 1. The van der Waals surface area contributed by atoms with Crippen LogP contribution in [0, 0.1) is 5.41 Å². The highest BCUT2D eigenvalue weighted by molar-refractivity contribution is 5.84. The van der Waals surface area contributed by atoms with Gasteiger partial charge in [0.1, 0.15) is 0 Å². The van der Waals surface area contributed by atoms with Crippen molar-refractivity contribution in [1.29, 1.82) is 0 Å². The van der Waals surface area contributed by atoms with Crippen LogP contribution in [0.5, 0.6) is 0 Å². The zero-order chi connectivity index (χ0) is 15.0. The van der Waals surface area contributed by atoms with Gasteiger partial charge in [-0.3, -0.25) is 14.6 Å². The van der Waals surface area contributed by atoms with Crippen LogP contribution in [0.4, 0.5) is 0 Å². The van der Waals surface area contributed by atoms with Crippen LogP contribution in [-0.2, 0) is 16.0 Å². The number of nitrogens with one attached hydrogen (secondary N) is 1. The number of hydrogen-bond donors (Lipinski definition) is 2. The number of carbonyl (C=O) groups is 2. The minimum atomic E-state index is -0.944. The first-order chi connectivity index (χ1) is 9.54. The molecule has 5 nitrogen and oxygen atoms in total. The summed E-state index contributed by atoms with van der Waals surface area (Å²) in [5, 5.41) is 12.1. The Balaban J connectivity index is 2.45. The second kappa shape index (κ2) is 7.62. The SMILES string of the molecule is CCC(CC)(CC(=O)NCCc1ccncc1)C(=O)O. The average molecular weight is 278 g/mol. The first-order valence-electron chi connectivity index (χ1n) is 6.93. The fourth-order valence-electron chi connectivity index (χ4n) is 2.14. The minimum Gasteiger partial charge on any atom is -0.481 e. The number of aromatic nitrogens is 1. The Hall–Kier alpha value is -1.91. The third-order valence-corrected chi connectivity index (χ3v) is 3.79. The molecule has 1 heterocycles. The van der Waals surface area contributed by atoms with E-state index in [2.05, 4.69) is 10.3 Å². The van der Waals surface area contributed by atoms with Gasteiger partial charge < -0.3 is 10.4 Å². The van der Waals surface area contributed by atoms with E-state index in [0.717, 1.165) is 5.56 Å². The second-order valence-electron chi connectivity index (χ2n) is 4.92. The molecule has 0 bridgehead atoms. The molecular formula is C15H22N2O3. The Morgan fingerprint density at radius 3 is 2.35 bits per heavy atom. The molecule has 5 heteroatoms. The van der Waals surface area contributed by atoms with Crippen molar-refractivity contribution in [2.24, 2.45) is 5.41 Å². The standard InChI is InChI=1S/C15H22N2O3/c1-3-15(4-2,14(19)20)11-13(18)17-10-7-12-5-8-16-9-6-12/h5-6,8-9H,3-4,7,10-11H2,1-2H3,(H,17,18)(H,19,20). The van der Waals surface area contributed by atoms with Crippen LogP contribution in [0.2, 0.25) is 0 Å². The Morgan fingerprint density at radius 2 is 1.85 bits per heavy atom. The number of carboxylic acid groups (broad SMARTS) is 1. The van der Waals surface area contributed by atoms with E-state index in [0.29, 0.717) is 25.8 Å². The quantitative estimate of drug-likeness (QED) is 0.762. The van der Waals surface area contributed by atoms with Gasteiger partial charge >= 0.3 is 5.97 Å². The summed E-state index contributed by atoms with van der Waals surface area (Å²) in [6.07, 6.45) is 5.08. The number of nitrogens with zero attached hydrogens (tertiary/aromatic N) is 1. The summed E-state index contributed by atoms with van der Waals surface area (Å²) in [5.74, 6) is -1.10. The zero-order valence-corrected chi connectivity index (χ0v) is 12.1. The Kier molecular flexibility index (Phi) is 6.15. The molecule has 1 aromatic rings. The lowest BCUT2D eigenvalue weighted by Crippen LogP contribution is -2.37. The molecule has 0 fully saturated rings. The number of carboxylic acids is 1. The molecule has 0 atom stereocenters. The highest BCUT2D eigenvalue weighted by atomic mass is 16.4. The van der Waals surface area contributed by atoms with E-state index >= 15 is 0 Å². The summed E-state index contributed by atoms with van der Waals surface area (Å²) in [4.78, 5) is 27.1. The largest absolute Gasteiger partial charge is 0.481 e. The molecule has 0 aromatic carbocycles. The van der Waals surface area contributed by atoms with Crippen LogP contribution < -0.4 is 5.32 Å².